The third-order valence-corrected chi connectivity index (χ3v) is 6.55. The first kappa shape index (κ1) is 30.7. The first-order valence-electron chi connectivity index (χ1n) is 12.7. The van der Waals surface area contributed by atoms with Gasteiger partial charge in [0.1, 0.15) is 11.5 Å². The average molecular weight is 530 g/mol. The molecule has 0 saturated carbocycles. The lowest BCUT2D eigenvalue weighted by atomic mass is 9.76. The van der Waals surface area contributed by atoms with E-state index in [4.69, 9.17) is 5.11 Å². The topological polar surface area (TPSA) is 157 Å². The SMILES string of the molecule is CC(=NCCN(CCN=C(C)C1=C(O)CC(C)(C)CC1=O)C(=O)/C=C\C(=O)O)C1=C(O)CC(C)(C)CC1=O. The van der Waals surface area contributed by atoms with Crippen molar-refractivity contribution in [2.24, 2.45) is 20.8 Å². The van der Waals surface area contributed by atoms with Crippen LogP contribution in [0.5, 0.6) is 0 Å². The van der Waals surface area contributed by atoms with Crippen molar-refractivity contribution < 1.29 is 34.5 Å². The minimum Gasteiger partial charge on any atom is -0.511 e. The van der Waals surface area contributed by atoms with E-state index in [1.165, 1.54) is 4.90 Å². The molecule has 0 aromatic rings. The zero-order valence-electron chi connectivity index (χ0n) is 23.1. The molecule has 208 valence electrons. The highest BCUT2D eigenvalue weighted by Gasteiger charge is 2.35. The quantitative estimate of drug-likeness (QED) is 0.287. The number of aliphatic hydroxyl groups is 2. The van der Waals surface area contributed by atoms with Crippen molar-refractivity contribution >= 4 is 34.9 Å². The van der Waals surface area contributed by atoms with Crippen LogP contribution in [0, 0.1) is 10.8 Å². The number of carbonyl (C=O) groups excluding carboxylic acids is 3. The Morgan fingerprint density at radius 3 is 1.53 bits per heavy atom. The van der Waals surface area contributed by atoms with Gasteiger partial charge in [-0.2, -0.15) is 0 Å². The first-order chi connectivity index (χ1) is 17.5. The lowest BCUT2D eigenvalue weighted by Crippen LogP contribution is -2.35. The smallest absolute Gasteiger partial charge is 0.328 e. The van der Waals surface area contributed by atoms with Crippen molar-refractivity contribution in [2.75, 3.05) is 26.2 Å². The molecule has 38 heavy (non-hydrogen) atoms. The number of hydrogen-bond donors (Lipinski definition) is 3. The number of nitrogens with zero attached hydrogens (tertiary/aromatic N) is 3. The lowest BCUT2D eigenvalue weighted by Gasteiger charge is -2.29. The van der Waals surface area contributed by atoms with Crippen molar-refractivity contribution in [3.63, 3.8) is 0 Å². The summed E-state index contributed by atoms with van der Waals surface area (Å²) in [5.74, 6) is -2.16. The Morgan fingerprint density at radius 1 is 0.789 bits per heavy atom. The van der Waals surface area contributed by atoms with Gasteiger partial charge in [-0.15, -0.1) is 0 Å². The van der Waals surface area contributed by atoms with E-state index in [1.807, 2.05) is 27.7 Å². The highest BCUT2D eigenvalue weighted by molar-refractivity contribution is 6.23. The van der Waals surface area contributed by atoms with E-state index in [-0.39, 0.29) is 71.2 Å². The van der Waals surface area contributed by atoms with Crippen LogP contribution < -0.4 is 0 Å². The Bertz CT molecular complexity index is 1080. The molecule has 0 heterocycles. The Morgan fingerprint density at radius 2 is 1.18 bits per heavy atom. The molecular weight excluding hydrogens is 490 g/mol. The number of amides is 1. The van der Waals surface area contributed by atoms with Crippen LogP contribution in [0.2, 0.25) is 0 Å². The van der Waals surface area contributed by atoms with Gasteiger partial charge in [0.25, 0.3) is 0 Å². The molecule has 0 spiro atoms. The summed E-state index contributed by atoms with van der Waals surface area (Å²) in [5.41, 5.74) is 0.532. The molecule has 0 saturated heterocycles. The van der Waals surface area contributed by atoms with Crippen LogP contribution in [0.1, 0.15) is 67.2 Å². The number of hydrogen-bond acceptors (Lipinski definition) is 8. The summed E-state index contributed by atoms with van der Waals surface area (Å²) in [6, 6.07) is 0. The van der Waals surface area contributed by atoms with Crippen LogP contribution in [0.25, 0.3) is 0 Å². The predicted octanol–water partition coefficient (Wildman–Crippen LogP) is 3.78. The highest BCUT2D eigenvalue weighted by atomic mass is 16.4. The third-order valence-electron chi connectivity index (χ3n) is 6.55. The standard InChI is InChI=1S/C28H39N3O7/c1-17(25-19(32)13-27(3,4)14-20(25)33)29-9-11-31(23(36)7-8-24(37)38)12-10-30-18(2)26-21(34)15-28(5,6)16-22(26)35/h7-8,32,34H,9-16H2,1-6H3,(H,37,38)/b8-7-,29-17?,30-18?. The molecule has 0 fully saturated rings. The summed E-state index contributed by atoms with van der Waals surface area (Å²) in [7, 11) is 0. The minimum atomic E-state index is -1.26. The second-order valence-electron chi connectivity index (χ2n) is 11.5. The molecule has 2 rings (SSSR count). The number of Topliss-reactive ketones (excluding diaryl/α,β-unsaturated/α-hetero) is 2. The number of carboxylic acid groups (broad SMARTS) is 1. The molecule has 2 aliphatic carbocycles. The zero-order chi connectivity index (χ0) is 28.8. The molecule has 0 unspecified atom stereocenters. The van der Waals surface area contributed by atoms with Crippen molar-refractivity contribution in [1.82, 2.24) is 4.90 Å². The number of aliphatic imine (C=N–C) groups is 2. The summed E-state index contributed by atoms with van der Waals surface area (Å²) in [6.45, 7) is 11.4. The molecule has 0 aromatic carbocycles. The maximum atomic E-state index is 12.6. The molecule has 0 radical (unpaired) electrons. The second-order valence-corrected chi connectivity index (χ2v) is 11.5. The van der Waals surface area contributed by atoms with E-state index in [9.17, 15) is 29.4 Å². The van der Waals surface area contributed by atoms with Gasteiger partial charge < -0.3 is 20.2 Å². The fourth-order valence-electron chi connectivity index (χ4n) is 4.81. The van der Waals surface area contributed by atoms with Crippen molar-refractivity contribution in [2.45, 2.75) is 67.2 Å². The van der Waals surface area contributed by atoms with Crippen LogP contribution in [-0.4, -0.2) is 81.3 Å². The zero-order valence-corrected chi connectivity index (χ0v) is 23.1. The van der Waals surface area contributed by atoms with Gasteiger partial charge in [-0.1, -0.05) is 27.7 Å². The Kier molecular flexibility index (Phi) is 9.94. The van der Waals surface area contributed by atoms with Gasteiger partial charge >= 0.3 is 5.97 Å². The molecule has 1 amide bonds. The Hall–Kier alpha value is -3.56. The van der Waals surface area contributed by atoms with Crippen molar-refractivity contribution in [3.8, 4) is 0 Å². The molecule has 0 atom stereocenters. The van der Waals surface area contributed by atoms with Crippen LogP contribution in [0.3, 0.4) is 0 Å². The monoisotopic (exact) mass is 529 g/mol. The number of allylic oxidation sites excluding steroid dienone is 4. The molecule has 0 bridgehead atoms. The van der Waals surface area contributed by atoms with E-state index in [0.717, 1.165) is 12.2 Å². The maximum Gasteiger partial charge on any atom is 0.328 e. The number of ketones is 2. The average Bonchev–Trinajstić information content (AvgIpc) is 2.73. The van der Waals surface area contributed by atoms with Gasteiger partial charge in [0, 0.05) is 62.3 Å². The summed E-state index contributed by atoms with van der Waals surface area (Å²) in [6.07, 6.45) is 3.02. The van der Waals surface area contributed by atoms with Gasteiger partial charge in [0.2, 0.25) is 5.91 Å². The number of aliphatic carboxylic acids is 1. The number of carboxylic acids is 1. The normalized spacial score (nSPS) is 20.4. The summed E-state index contributed by atoms with van der Waals surface area (Å²) in [4.78, 5) is 58.7. The van der Waals surface area contributed by atoms with Gasteiger partial charge in [-0.05, 0) is 24.7 Å². The molecule has 3 N–H and O–H groups in total. The van der Waals surface area contributed by atoms with Gasteiger partial charge in [-0.25, -0.2) is 4.79 Å². The molecule has 0 aromatic heterocycles. The van der Waals surface area contributed by atoms with E-state index in [0.29, 0.717) is 37.1 Å². The highest BCUT2D eigenvalue weighted by Crippen LogP contribution is 2.37. The summed E-state index contributed by atoms with van der Waals surface area (Å²) in [5, 5.41) is 29.7. The largest absolute Gasteiger partial charge is 0.511 e. The van der Waals surface area contributed by atoms with Gasteiger partial charge in [0.15, 0.2) is 11.6 Å². The second kappa shape index (κ2) is 12.3. The molecular formula is C28H39N3O7. The Labute approximate surface area is 223 Å². The van der Waals surface area contributed by atoms with Crippen LogP contribution in [-0.2, 0) is 19.2 Å². The maximum absolute atomic E-state index is 12.6. The van der Waals surface area contributed by atoms with E-state index >= 15 is 0 Å². The predicted molar refractivity (Wildman–Crippen MR) is 145 cm³/mol. The van der Waals surface area contributed by atoms with Crippen LogP contribution in [0.15, 0.2) is 44.8 Å². The lowest BCUT2D eigenvalue weighted by molar-refractivity contribution is -0.132. The fraction of sp³-hybridized carbons (Fsp3) is 0.571. The minimum absolute atomic E-state index is 0.00726. The van der Waals surface area contributed by atoms with Crippen molar-refractivity contribution in [3.05, 3.63) is 34.8 Å². The Balaban J connectivity index is 2.14. The van der Waals surface area contributed by atoms with Crippen LogP contribution >= 0.6 is 0 Å². The van der Waals surface area contributed by atoms with E-state index in [1.54, 1.807) is 13.8 Å². The van der Waals surface area contributed by atoms with Crippen molar-refractivity contribution in [1.29, 1.82) is 0 Å². The third kappa shape index (κ3) is 8.49. The van der Waals surface area contributed by atoms with E-state index in [2.05, 4.69) is 9.98 Å². The molecule has 0 aliphatic heterocycles. The summed E-state index contributed by atoms with van der Waals surface area (Å²) >= 11 is 0. The summed E-state index contributed by atoms with van der Waals surface area (Å²) < 4.78 is 0. The van der Waals surface area contributed by atoms with E-state index < -0.39 is 11.9 Å². The number of carbonyl (C=O) groups is 4. The molecule has 2 aliphatic rings. The fourth-order valence-corrected chi connectivity index (χ4v) is 4.81. The van der Waals surface area contributed by atoms with Gasteiger partial charge in [0.05, 0.1) is 24.2 Å². The van der Waals surface area contributed by atoms with Crippen LogP contribution in [0.4, 0.5) is 0 Å². The molecule has 10 nitrogen and oxygen atoms in total. The molecule has 10 heteroatoms. The first-order valence-corrected chi connectivity index (χ1v) is 12.7. The van der Waals surface area contributed by atoms with Gasteiger partial charge in [-0.3, -0.25) is 24.4 Å². The number of aliphatic hydroxyl groups excluding tert-OH is 2. The number of rotatable bonds is 10.